The van der Waals surface area contributed by atoms with E-state index in [0.717, 1.165) is 24.3 Å². The molecule has 11 nitrogen and oxygen atoms in total. The monoisotopic (exact) mass is 533 g/mol. The van der Waals surface area contributed by atoms with Gasteiger partial charge in [-0.05, 0) is 57.9 Å². The van der Waals surface area contributed by atoms with Crippen molar-refractivity contribution in [3.8, 4) is 11.5 Å². The predicted molar refractivity (Wildman–Crippen MR) is 115 cm³/mol. The Morgan fingerprint density at radius 1 is 0.743 bits per heavy atom. The summed E-state index contributed by atoms with van der Waals surface area (Å²) in [6.07, 6.45) is 0. The molecule has 15 heteroatoms. The van der Waals surface area contributed by atoms with Gasteiger partial charge in [0, 0.05) is 5.69 Å². The van der Waals surface area contributed by atoms with E-state index in [-0.39, 0.29) is 86.6 Å². The fourth-order valence-electron chi connectivity index (χ4n) is 3.22. The SMILES string of the molecule is Nc1ccc2cc(S(=O)(=O)O)c(N=Nc3cc4ccc(S(=O)(=O)O)cc4cc3[O-])c([O-])c2c1.[Na+].[Na+]. The van der Waals surface area contributed by atoms with Gasteiger partial charge >= 0.3 is 59.1 Å². The van der Waals surface area contributed by atoms with Crippen molar-refractivity contribution in [2.45, 2.75) is 9.79 Å². The Bertz CT molecular complexity index is 1710. The van der Waals surface area contributed by atoms with Gasteiger partial charge in [-0.1, -0.05) is 29.7 Å². The van der Waals surface area contributed by atoms with E-state index in [1.165, 1.54) is 30.3 Å². The Hall–Kier alpha value is -1.78. The smallest absolute Gasteiger partial charge is 0.871 e. The fourth-order valence-corrected chi connectivity index (χ4v) is 4.39. The molecule has 0 saturated heterocycles. The molecule has 0 aliphatic rings. The van der Waals surface area contributed by atoms with Gasteiger partial charge in [-0.15, -0.1) is 5.11 Å². The standard InChI is InChI=1S/C20H15N3O8S2.2Na/c21-13-3-1-11-8-18(33(29,30)31)19(20(25)15(11)9-13)23-22-16-6-10-2-4-14(32(26,27)28)5-12(10)7-17(16)24;;/h1-9,24-25H,21H2,(H,26,27,28)(H,29,30,31);;/q;2*+1/p-2. The summed E-state index contributed by atoms with van der Waals surface area (Å²) in [5, 5.41) is 33.4. The van der Waals surface area contributed by atoms with Crippen LogP contribution in [-0.4, -0.2) is 25.9 Å². The normalized spacial score (nSPS) is 11.9. The summed E-state index contributed by atoms with van der Waals surface area (Å²) in [6.45, 7) is 0. The molecule has 4 N–H and O–H groups in total. The van der Waals surface area contributed by atoms with Crippen LogP contribution in [0.4, 0.5) is 17.1 Å². The second-order valence-electron chi connectivity index (χ2n) is 7.01. The Balaban J connectivity index is 0.00000216. The average Bonchev–Trinajstić information content (AvgIpc) is 2.71. The number of nitrogens with zero attached hydrogens (tertiary/aromatic N) is 2. The van der Waals surface area contributed by atoms with Gasteiger partial charge in [0.1, 0.15) is 4.90 Å². The van der Waals surface area contributed by atoms with Crippen LogP contribution in [0, 0.1) is 0 Å². The van der Waals surface area contributed by atoms with Crippen LogP contribution < -0.4 is 75.1 Å². The summed E-state index contributed by atoms with van der Waals surface area (Å²) >= 11 is 0. The number of hydrogen-bond acceptors (Lipinski definition) is 9. The molecule has 0 bridgehead atoms. The zero-order chi connectivity index (χ0) is 24.1. The van der Waals surface area contributed by atoms with E-state index in [2.05, 4.69) is 10.2 Å². The Labute approximate surface area is 243 Å². The van der Waals surface area contributed by atoms with Gasteiger partial charge < -0.3 is 15.9 Å². The van der Waals surface area contributed by atoms with Crippen LogP contribution in [0.5, 0.6) is 11.5 Å². The van der Waals surface area contributed by atoms with Crippen LogP contribution in [0.1, 0.15) is 0 Å². The molecule has 4 aromatic carbocycles. The Morgan fingerprint density at radius 3 is 2.03 bits per heavy atom. The van der Waals surface area contributed by atoms with Gasteiger partial charge in [0.25, 0.3) is 20.2 Å². The predicted octanol–water partition coefficient (Wildman–Crippen LogP) is -3.36. The Kier molecular flexibility index (Phi) is 8.99. The number of fused-ring (bicyclic) bond motifs is 2. The molecule has 0 aliphatic heterocycles. The molecule has 4 aromatic rings. The number of benzene rings is 4. The molecular formula is C20H13N3Na2O8S2. The first-order valence-corrected chi connectivity index (χ1v) is 11.9. The topological polar surface area (TPSA) is 206 Å². The molecule has 0 unspecified atom stereocenters. The van der Waals surface area contributed by atoms with E-state index in [4.69, 9.17) is 10.3 Å². The van der Waals surface area contributed by atoms with Gasteiger partial charge in [0.15, 0.2) is 0 Å². The number of hydrogen-bond donors (Lipinski definition) is 3. The third-order valence-corrected chi connectivity index (χ3v) is 6.50. The van der Waals surface area contributed by atoms with Crippen LogP contribution in [0.3, 0.4) is 0 Å². The van der Waals surface area contributed by atoms with Crippen LogP contribution >= 0.6 is 0 Å². The molecule has 0 amide bonds. The minimum Gasteiger partial charge on any atom is -0.871 e. The van der Waals surface area contributed by atoms with Crippen molar-refractivity contribution in [1.82, 2.24) is 0 Å². The number of azo groups is 1. The first-order chi connectivity index (χ1) is 15.3. The van der Waals surface area contributed by atoms with Crippen molar-refractivity contribution in [3.63, 3.8) is 0 Å². The maximum atomic E-state index is 12.9. The summed E-state index contributed by atoms with van der Waals surface area (Å²) in [5.74, 6) is -1.59. The quantitative estimate of drug-likeness (QED) is 0.103. The van der Waals surface area contributed by atoms with Gasteiger partial charge in [0.05, 0.1) is 16.3 Å². The van der Waals surface area contributed by atoms with Crippen molar-refractivity contribution < 1.29 is 95.3 Å². The zero-order valence-corrected chi connectivity index (χ0v) is 24.0. The van der Waals surface area contributed by atoms with Gasteiger partial charge in [-0.2, -0.15) is 21.9 Å². The summed E-state index contributed by atoms with van der Waals surface area (Å²) in [7, 11) is -9.35. The number of nitrogen functional groups attached to an aromatic ring is 1. The van der Waals surface area contributed by atoms with Gasteiger partial charge in [-0.3, -0.25) is 9.11 Å². The average molecular weight is 533 g/mol. The minimum atomic E-state index is -4.87. The second-order valence-corrected chi connectivity index (χ2v) is 9.82. The molecule has 0 radical (unpaired) electrons. The first kappa shape index (κ1) is 29.5. The summed E-state index contributed by atoms with van der Waals surface area (Å²) in [5.41, 5.74) is 4.93. The third kappa shape index (κ3) is 6.14. The van der Waals surface area contributed by atoms with Crippen LogP contribution in [-0.2, 0) is 20.2 Å². The molecule has 0 aromatic heterocycles. The van der Waals surface area contributed by atoms with Gasteiger partial charge in [-0.25, -0.2) is 0 Å². The maximum absolute atomic E-state index is 12.9. The molecule has 0 aliphatic carbocycles. The van der Waals surface area contributed by atoms with Crippen molar-refractivity contribution in [1.29, 1.82) is 0 Å². The molecule has 35 heavy (non-hydrogen) atoms. The third-order valence-electron chi connectivity index (χ3n) is 4.78. The van der Waals surface area contributed by atoms with Crippen LogP contribution in [0.25, 0.3) is 21.5 Å². The molecule has 0 saturated carbocycles. The van der Waals surface area contributed by atoms with E-state index in [1.807, 2.05) is 0 Å². The van der Waals surface area contributed by atoms with E-state index < -0.39 is 47.2 Å². The van der Waals surface area contributed by atoms with Crippen LogP contribution in [0.15, 0.2) is 74.6 Å². The van der Waals surface area contributed by atoms with E-state index in [9.17, 15) is 31.6 Å². The first-order valence-electron chi connectivity index (χ1n) is 8.99. The van der Waals surface area contributed by atoms with Crippen LogP contribution in [0.2, 0.25) is 0 Å². The molecule has 0 fully saturated rings. The fraction of sp³-hybridized carbons (Fsp3) is 0. The number of rotatable bonds is 4. The van der Waals surface area contributed by atoms with E-state index >= 15 is 0 Å². The largest absolute Gasteiger partial charge is 1.00 e. The van der Waals surface area contributed by atoms with Crippen molar-refractivity contribution in [3.05, 3.63) is 54.6 Å². The molecule has 0 spiro atoms. The maximum Gasteiger partial charge on any atom is 1.00 e. The number of nitrogens with two attached hydrogens (primary N) is 1. The summed E-state index contributed by atoms with van der Waals surface area (Å²) in [6, 6.07) is 11.0. The van der Waals surface area contributed by atoms with E-state index in [1.54, 1.807) is 0 Å². The van der Waals surface area contributed by atoms with Crippen molar-refractivity contribution in [2.75, 3.05) is 5.73 Å². The minimum absolute atomic E-state index is 0. The second kappa shape index (κ2) is 10.7. The molecule has 170 valence electrons. The molecule has 4 rings (SSSR count). The summed E-state index contributed by atoms with van der Waals surface area (Å²) in [4.78, 5) is -1.20. The molecule has 0 heterocycles. The Morgan fingerprint density at radius 2 is 1.40 bits per heavy atom. The van der Waals surface area contributed by atoms with Gasteiger partial charge in [0.2, 0.25) is 0 Å². The molecule has 0 atom stereocenters. The zero-order valence-electron chi connectivity index (χ0n) is 18.3. The summed E-state index contributed by atoms with van der Waals surface area (Å²) < 4.78 is 65.0. The molecular weight excluding hydrogens is 520 g/mol. The van der Waals surface area contributed by atoms with Crippen molar-refractivity contribution in [2.24, 2.45) is 10.2 Å². The van der Waals surface area contributed by atoms with Crippen molar-refractivity contribution >= 4 is 58.8 Å². The van der Waals surface area contributed by atoms with E-state index in [0.29, 0.717) is 5.39 Å². The number of anilines is 1.